The van der Waals surface area contributed by atoms with E-state index in [9.17, 15) is 4.79 Å². The van der Waals surface area contributed by atoms with Crippen molar-refractivity contribution in [2.45, 2.75) is 37.9 Å². The number of thiophene rings is 1. The summed E-state index contributed by atoms with van der Waals surface area (Å²) >= 11 is 7.10. The average Bonchev–Trinajstić information content (AvgIpc) is 2.83. The molecule has 1 aliphatic carbocycles. The number of ketones is 1. The van der Waals surface area contributed by atoms with Crippen molar-refractivity contribution in [3.8, 4) is 0 Å². The number of ether oxygens (including phenoxy) is 2. The van der Waals surface area contributed by atoms with Crippen LogP contribution in [-0.2, 0) is 9.47 Å². The summed E-state index contributed by atoms with van der Waals surface area (Å²) in [6, 6.07) is 3.48. The van der Waals surface area contributed by atoms with E-state index in [1.807, 2.05) is 0 Å². The lowest BCUT2D eigenvalue weighted by Gasteiger charge is -2.27. The van der Waals surface area contributed by atoms with Crippen LogP contribution < -0.4 is 0 Å². The van der Waals surface area contributed by atoms with Crippen molar-refractivity contribution in [1.29, 1.82) is 0 Å². The van der Waals surface area contributed by atoms with Crippen LogP contribution in [0.1, 0.15) is 35.4 Å². The Morgan fingerprint density at radius 3 is 2.89 bits per heavy atom. The molecule has 0 aromatic carbocycles. The molecular weight excluding hydrogens is 272 g/mol. The van der Waals surface area contributed by atoms with Gasteiger partial charge in [0.05, 0.1) is 21.4 Å². The summed E-state index contributed by atoms with van der Waals surface area (Å²) in [5.41, 5.74) is 0. The van der Waals surface area contributed by atoms with Crippen LogP contribution in [0.15, 0.2) is 12.1 Å². The minimum atomic E-state index is 0.00596. The van der Waals surface area contributed by atoms with Gasteiger partial charge in [-0.1, -0.05) is 11.6 Å². The molecular formula is C13H17ClO3S. The fourth-order valence-corrected chi connectivity index (χ4v) is 3.16. The van der Waals surface area contributed by atoms with Crippen molar-refractivity contribution in [1.82, 2.24) is 0 Å². The largest absolute Gasteiger partial charge is 0.381 e. The highest BCUT2D eigenvalue weighted by Gasteiger charge is 2.23. The minimum Gasteiger partial charge on any atom is -0.381 e. The van der Waals surface area contributed by atoms with Gasteiger partial charge in [0.1, 0.15) is 6.61 Å². The average molecular weight is 289 g/mol. The number of hydrogen-bond acceptors (Lipinski definition) is 4. The molecule has 3 nitrogen and oxygen atoms in total. The topological polar surface area (TPSA) is 35.5 Å². The van der Waals surface area contributed by atoms with E-state index in [1.165, 1.54) is 11.3 Å². The maximum atomic E-state index is 11.8. The van der Waals surface area contributed by atoms with Crippen molar-refractivity contribution >= 4 is 28.7 Å². The summed E-state index contributed by atoms with van der Waals surface area (Å²) < 4.78 is 11.6. The zero-order chi connectivity index (χ0) is 13.0. The van der Waals surface area contributed by atoms with E-state index in [1.54, 1.807) is 19.2 Å². The van der Waals surface area contributed by atoms with Crippen LogP contribution in [-0.4, -0.2) is 31.7 Å². The van der Waals surface area contributed by atoms with Crippen LogP contribution in [0, 0.1) is 0 Å². The predicted molar refractivity (Wildman–Crippen MR) is 72.7 cm³/mol. The summed E-state index contributed by atoms with van der Waals surface area (Å²) in [6.07, 6.45) is 4.50. The Bertz CT molecular complexity index is 405. The molecule has 0 N–H and O–H groups in total. The van der Waals surface area contributed by atoms with Gasteiger partial charge in [-0.3, -0.25) is 4.79 Å². The number of rotatable bonds is 5. The van der Waals surface area contributed by atoms with Crippen LogP contribution in [0.25, 0.3) is 0 Å². The molecule has 0 radical (unpaired) electrons. The fourth-order valence-electron chi connectivity index (χ4n) is 2.20. The van der Waals surface area contributed by atoms with Crippen LogP contribution >= 0.6 is 22.9 Å². The highest BCUT2D eigenvalue weighted by atomic mass is 35.5. The first-order valence-corrected chi connectivity index (χ1v) is 7.31. The van der Waals surface area contributed by atoms with Crippen molar-refractivity contribution in [2.24, 2.45) is 0 Å². The van der Waals surface area contributed by atoms with Crippen LogP contribution in [0.5, 0.6) is 0 Å². The molecule has 0 bridgehead atoms. The maximum absolute atomic E-state index is 11.8. The maximum Gasteiger partial charge on any atom is 0.198 e. The molecule has 1 saturated carbocycles. The van der Waals surface area contributed by atoms with E-state index < -0.39 is 0 Å². The molecule has 0 amide bonds. The Balaban J connectivity index is 1.79. The second-order valence-corrected chi connectivity index (χ2v) is 6.20. The van der Waals surface area contributed by atoms with Gasteiger partial charge >= 0.3 is 0 Å². The van der Waals surface area contributed by atoms with Crippen LogP contribution in [0.3, 0.4) is 0 Å². The minimum absolute atomic E-state index is 0.00596. The van der Waals surface area contributed by atoms with E-state index in [4.69, 9.17) is 21.1 Å². The van der Waals surface area contributed by atoms with Gasteiger partial charge < -0.3 is 9.47 Å². The smallest absolute Gasteiger partial charge is 0.198 e. The van der Waals surface area contributed by atoms with E-state index in [0.29, 0.717) is 9.21 Å². The van der Waals surface area contributed by atoms with Gasteiger partial charge in [-0.15, -0.1) is 11.3 Å². The normalized spacial score (nSPS) is 24.1. The summed E-state index contributed by atoms with van der Waals surface area (Å²) in [7, 11) is 1.73. The zero-order valence-corrected chi connectivity index (χ0v) is 11.9. The van der Waals surface area contributed by atoms with Gasteiger partial charge in [0.15, 0.2) is 5.78 Å². The third kappa shape index (κ3) is 3.79. The molecule has 1 heterocycles. The van der Waals surface area contributed by atoms with Gasteiger partial charge in [0.2, 0.25) is 0 Å². The van der Waals surface area contributed by atoms with Gasteiger partial charge in [-0.25, -0.2) is 0 Å². The second-order valence-electron chi connectivity index (χ2n) is 4.48. The molecule has 1 aliphatic rings. The van der Waals surface area contributed by atoms with E-state index in [0.717, 1.165) is 25.7 Å². The number of Topliss-reactive ketones (excluding diaryl/α,β-unsaturated/α-hetero) is 1. The molecule has 1 aromatic heterocycles. The van der Waals surface area contributed by atoms with Gasteiger partial charge in [-0.05, 0) is 37.8 Å². The Labute approximate surface area is 116 Å². The predicted octanol–water partition coefficient (Wildman–Crippen LogP) is 3.56. The lowest BCUT2D eigenvalue weighted by atomic mass is 9.95. The van der Waals surface area contributed by atoms with Gasteiger partial charge in [0.25, 0.3) is 0 Å². The summed E-state index contributed by atoms with van der Waals surface area (Å²) in [5.74, 6) is 0.00596. The number of hydrogen-bond donors (Lipinski definition) is 0. The lowest BCUT2D eigenvalue weighted by molar-refractivity contribution is -0.0242. The molecule has 0 aliphatic heterocycles. The first-order valence-electron chi connectivity index (χ1n) is 6.12. The number of methoxy groups -OCH3 is 1. The van der Waals surface area contributed by atoms with Crippen molar-refractivity contribution in [2.75, 3.05) is 13.7 Å². The van der Waals surface area contributed by atoms with Crippen molar-refractivity contribution < 1.29 is 14.3 Å². The van der Waals surface area contributed by atoms with Crippen molar-refractivity contribution in [3.63, 3.8) is 0 Å². The highest BCUT2D eigenvalue weighted by molar-refractivity contribution is 7.18. The summed E-state index contributed by atoms with van der Waals surface area (Å²) in [5, 5.41) is 0. The highest BCUT2D eigenvalue weighted by Crippen LogP contribution is 2.24. The Morgan fingerprint density at radius 2 is 2.22 bits per heavy atom. The second kappa shape index (κ2) is 6.66. The SMILES string of the molecule is COC1CCCC(OCC(=O)c2ccc(Cl)s2)C1. The van der Waals surface area contributed by atoms with Crippen LogP contribution in [0.2, 0.25) is 4.34 Å². The quantitative estimate of drug-likeness (QED) is 0.777. The monoisotopic (exact) mass is 288 g/mol. The Hall–Kier alpha value is -0.420. The lowest BCUT2D eigenvalue weighted by Crippen LogP contribution is -2.29. The van der Waals surface area contributed by atoms with Gasteiger partial charge in [-0.2, -0.15) is 0 Å². The van der Waals surface area contributed by atoms with E-state index in [2.05, 4.69) is 0 Å². The number of halogens is 1. The molecule has 2 atom stereocenters. The van der Waals surface area contributed by atoms with Crippen LogP contribution in [0.4, 0.5) is 0 Å². The zero-order valence-electron chi connectivity index (χ0n) is 10.4. The molecule has 5 heteroatoms. The molecule has 1 fully saturated rings. The number of carbonyl (C=O) groups is 1. The molecule has 2 rings (SSSR count). The third-order valence-corrected chi connectivity index (χ3v) is 4.48. The van der Waals surface area contributed by atoms with Crippen molar-refractivity contribution in [3.05, 3.63) is 21.3 Å². The molecule has 100 valence electrons. The third-order valence-electron chi connectivity index (χ3n) is 3.21. The summed E-state index contributed by atoms with van der Waals surface area (Å²) in [6.45, 7) is 0.137. The van der Waals surface area contributed by atoms with E-state index in [-0.39, 0.29) is 24.6 Å². The Kier molecular flexibility index (Phi) is 5.18. The van der Waals surface area contributed by atoms with Gasteiger partial charge in [0, 0.05) is 7.11 Å². The number of carbonyl (C=O) groups excluding carboxylic acids is 1. The fraction of sp³-hybridized carbons (Fsp3) is 0.615. The Morgan fingerprint density at radius 1 is 1.44 bits per heavy atom. The van der Waals surface area contributed by atoms with E-state index >= 15 is 0 Å². The first kappa shape index (κ1) is 14.0. The molecule has 1 aromatic rings. The first-order chi connectivity index (χ1) is 8.69. The summed E-state index contributed by atoms with van der Waals surface area (Å²) in [4.78, 5) is 12.5. The standard InChI is InChI=1S/C13H17ClO3S/c1-16-9-3-2-4-10(7-9)17-8-11(15)12-5-6-13(14)18-12/h5-6,9-10H,2-4,7-8H2,1H3. The molecule has 2 unspecified atom stereocenters. The molecule has 18 heavy (non-hydrogen) atoms. The molecule has 0 saturated heterocycles. The molecule has 0 spiro atoms.